The van der Waals surface area contributed by atoms with Crippen molar-refractivity contribution >= 4 is 27.8 Å². The van der Waals surface area contributed by atoms with Crippen LogP contribution < -0.4 is 15.4 Å². The fraction of sp³-hybridized carbons (Fsp3) is 0.300. The number of nitrogens with zero attached hydrogens (tertiary/aromatic N) is 1. The van der Waals surface area contributed by atoms with Crippen molar-refractivity contribution in [2.75, 3.05) is 11.6 Å². The van der Waals surface area contributed by atoms with Crippen molar-refractivity contribution in [2.24, 2.45) is 5.14 Å². The Morgan fingerprint density at radius 1 is 1.18 bits per heavy atom. The summed E-state index contributed by atoms with van der Waals surface area (Å²) in [6.45, 7) is 1.31. The second kappa shape index (κ2) is 8.64. The summed E-state index contributed by atoms with van der Waals surface area (Å²) in [6, 6.07) is 13.5. The number of ketones is 1. The molecule has 7 nitrogen and oxygen atoms in total. The zero-order valence-corrected chi connectivity index (χ0v) is 16.2. The number of carbonyl (C=O) groups excluding carboxylic acids is 2. The van der Waals surface area contributed by atoms with Gasteiger partial charge in [0.2, 0.25) is 10.0 Å². The third-order valence-electron chi connectivity index (χ3n) is 4.83. The van der Waals surface area contributed by atoms with Gasteiger partial charge in [-0.25, -0.2) is 13.6 Å². The molecule has 0 aliphatic carbocycles. The number of aldehydes is 1. The third-order valence-corrected chi connectivity index (χ3v) is 5.76. The molecule has 2 aromatic rings. The number of nitrogens with one attached hydrogen (secondary N) is 1. The fourth-order valence-corrected chi connectivity index (χ4v) is 3.87. The average Bonchev–Trinajstić information content (AvgIpc) is 2.68. The molecule has 1 atom stereocenters. The zero-order chi connectivity index (χ0) is 20.1. The number of hydrogen-bond donors (Lipinski definition) is 2. The molecule has 3 rings (SSSR count). The van der Waals surface area contributed by atoms with Crippen LogP contribution >= 0.6 is 0 Å². The van der Waals surface area contributed by atoms with Crippen molar-refractivity contribution in [1.82, 2.24) is 5.32 Å². The van der Waals surface area contributed by atoms with Gasteiger partial charge in [-0.15, -0.1) is 0 Å². The minimum atomic E-state index is -3.75. The van der Waals surface area contributed by atoms with E-state index < -0.39 is 10.0 Å². The van der Waals surface area contributed by atoms with Crippen molar-refractivity contribution in [3.05, 3.63) is 59.7 Å². The highest BCUT2D eigenvalue weighted by Gasteiger charge is 2.24. The monoisotopic (exact) mass is 401 g/mol. The number of hydrogen-bond acceptors (Lipinski definition) is 6. The predicted molar refractivity (Wildman–Crippen MR) is 106 cm³/mol. The van der Waals surface area contributed by atoms with Gasteiger partial charge in [0.25, 0.3) is 0 Å². The summed E-state index contributed by atoms with van der Waals surface area (Å²) in [5.41, 5.74) is 2.86. The molecule has 0 amide bonds. The number of primary sulfonamides is 1. The molecule has 1 unspecified atom stereocenters. The second-order valence-electron chi connectivity index (χ2n) is 6.83. The highest BCUT2D eigenvalue weighted by atomic mass is 32.2. The van der Waals surface area contributed by atoms with Crippen LogP contribution in [-0.2, 0) is 32.6 Å². The van der Waals surface area contributed by atoms with Crippen LogP contribution in [0.2, 0.25) is 0 Å². The number of sulfonamides is 1. The molecule has 0 saturated carbocycles. The van der Waals surface area contributed by atoms with Gasteiger partial charge in [-0.05, 0) is 35.7 Å². The molecule has 0 fully saturated rings. The standard InChI is InChI=1S/C20H23N3O4S/c21-28(26,27)19-9-5-15(6-10-19)11-18(25)8-7-17(13-24)23-14-22-12-16-3-1-2-4-20(16)23/h1-6,9-10,13,17,22H,7-8,11-12,14H2,(H2,21,26,27). The van der Waals surface area contributed by atoms with Gasteiger partial charge in [0, 0.05) is 25.1 Å². The van der Waals surface area contributed by atoms with Crippen molar-refractivity contribution in [3.8, 4) is 0 Å². The number of rotatable bonds is 8. The maximum atomic E-state index is 12.4. The van der Waals surface area contributed by atoms with E-state index >= 15 is 0 Å². The Balaban J connectivity index is 1.60. The SMILES string of the molecule is NS(=O)(=O)c1ccc(CC(=O)CCC(C=O)N2CNCc3ccccc32)cc1. The van der Waals surface area contributed by atoms with Gasteiger partial charge in [0.15, 0.2) is 0 Å². The molecule has 0 radical (unpaired) electrons. The summed E-state index contributed by atoms with van der Waals surface area (Å²) in [6.07, 6.45) is 1.76. The van der Waals surface area contributed by atoms with Gasteiger partial charge in [0.05, 0.1) is 17.6 Å². The van der Waals surface area contributed by atoms with Gasteiger partial charge < -0.3 is 9.69 Å². The van der Waals surface area contributed by atoms with Crippen molar-refractivity contribution in [2.45, 2.75) is 36.7 Å². The maximum Gasteiger partial charge on any atom is 0.238 e. The van der Waals surface area contributed by atoms with Crippen LogP contribution in [0.15, 0.2) is 53.4 Å². The van der Waals surface area contributed by atoms with Crippen LogP contribution in [0.5, 0.6) is 0 Å². The number of fused-ring (bicyclic) bond motifs is 1. The topological polar surface area (TPSA) is 110 Å². The number of carbonyl (C=O) groups is 2. The van der Waals surface area contributed by atoms with E-state index in [1.54, 1.807) is 12.1 Å². The van der Waals surface area contributed by atoms with E-state index in [1.807, 2.05) is 29.2 Å². The summed E-state index contributed by atoms with van der Waals surface area (Å²) < 4.78 is 22.6. The summed E-state index contributed by atoms with van der Waals surface area (Å²) in [5.74, 6) is -0.00606. The van der Waals surface area contributed by atoms with Crippen LogP contribution in [-0.4, -0.2) is 33.2 Å². The number of anilines is 1. The average molecular weight is 401 g/mol. The first-order valence-electron chi connectivity index (χ1n) is 9.02. The largest absolute Gasteiger partial charge is 0.349 e. The predicted octanol–water partition coefficient (Wildman–Crippen LogP) is 1.36. The van der Waals surface area contributed by atoms with Gasteiger partial charge in [0.1, 0.15) is 12.1 Å². The van der Waals surface area contributed by atoms with Gasteiger partial charge in [-0.3, -0.25) is 10.1 Å². The van der Waals surface area contributed by atoms with E-state index in [2.05, 4.69) is 5.32 Å². The molecule has 2 aromatic carbocycles. The molecule has 0 aromatic heterocycles. The molecule has 0 spiro atoms. The molecule has 0 saturated heterocycles. The molecule has 1 aliphatic heterocycles. The van der Waals surface area contributed by atoms with Gasteiger partial charge >= 0.3 is 0 Å². The normalized spacial score (nSPS) is 15.0. The van der Waals surface area contributed by atoms with E-state index in [0.29, 0.717) is 18.7 Å². The first-order valence-corrected chi connectivity index (χ1v) is 10.6. The second-order valence-corrected chi connectivity index (χ2v) is 8.39. The van der Waals surface area contributed by atoms with Crippen molar-refractivity contribution in [1.29, 1.82) is 0 Å². The van der Waals surface area contributed by atoms with Crippen LogP contribution in [0.25, 0.3) is 0 Å². The Morgan fingerprint density at radius 2 is 1.89 bits per heavy atom. The summed E-state index contributed by atoms with van der Waals surface area (Å²) in [5, 5.41) is 8.35. The molecule has 28 heavy (non-hydrogen) atoms. The lowest BCUT2D eigenvalue weighted by Gasteiger charge is -2.35. The van der Waals surface area contributed by atoms with E-state index in [0.717, 1.165) is 24.1 Å². The lowest BCUT2D eigenvalue weighted by molar-refractivity contribution is -0.118. The molecule has 1 heterocycles. The van der Waals surface area contributed by atoms with Crippen molar-refractivity contribution in [3.63, 3.8) is 0 Å². The highest BCUT2D eigenvalue weighted by Crippen LogP contribution is 2.26. The number of para-hydroxylation sites is 1. The van der Waals surface area contributed by atoms with E-state index in [1.165, 1.54) is 12.1 Å². The molecule has 3 N–H and O–H groups in total. The number of Topliss-reactive ketones (excluding diaryl/α,β-unsaturated/α-hetero) is 1. The highest BCUT2D eigenvalue weighted by molar-refractivity contribution is 7.89. The Labute approximate surface area is 164 Å². The summed E-state index contributed by atoms with van der Waals surface area (Å²) in [4.78, 5) is 26.0. The third kappa shape index (κ3) is 4.83. The van der Waals surface area contributed by atoms with E-state index in [4.69, 9.17) is 5.14 Å². The number of benzene rings is 2. The van der Waals surface area contributed by atoms with Crippen LogP contribution in [0.1, 0.15) is 24.0 Å². The Morgan fingerprint density at radius 3 is 2.57 bits per heavy atom. The fourth-order valence-electron chi connectivity index (χ4n) is 3.35. The molecular weight excluding hydrogens is 378 g/mol. The molecule has 1 aliphatic rings. The quantitative estimate of drug-likeness (QED) is 0.647. The van der Waals surface area contributed by atoms with E-state index in [9.17, 15) is 18.0 Å². The molecule has 0 bridgehead atoms. The Hall–Kier alpha value is -2.55. The van der Waals surface area contributed by atoms with Crippen LogP contribution in [0.4, 0.5) is 5.69 Å². The summed E-state index contributed by atoms with van der Waals surface area (Å²) in [7, 11) is -3.75. The van der Waals surface area contributed by atoms with E-state index in [-0.39, 0.29) is 29.6 Å². The first kappa shape index (κ1) is 20.2. The maximum absolute atomic E-state index is 12.4. The minimum Gasteiger partial charge on any atom is -0.349 e. The minimum absolute atomic E-state index is 0.00606. The first-order chi connectivity index (χ1) is 13.4. The lowest BCUT2D eigenvalue weighted by Crippen LogP contribution is -2.46. The molecular formula is C20H23N3O4S. The van der Waals surface area contributed by atoms with Crippen molar-refractivity contribution < 1.29 is 18.0 Å². The zero-order valence-electron chi connectivity index (χ0n) is 15.4. The van der Waals surface area contributed by atoms with Crippen LogP contribution in [0.3, 0.4) is 0 Å². The Kier molecular flexibility index (Phi) is 6.23. The van der Waals surface area contributed by atoms with Crippen LogP contribution in [0, 0.1) is 0 Å². The summed E-state index contributed by atoms with van der Waals surface area (Å²) >= 11 is 0. The van der Waals surface area contributed by atoms with Gasteiger partial charge in [-0.1, -0.05) is 30.3 Å². The molecule has 8 heteroatoms. The lowest BCUT2D eigenvalue weighted by atomic mass is 10.0. The molecule has 148 valence electrons. The Bertz CT molecular complexity index is 958. The smallest absolute Gasteiger partial charge is 0.238 e. The van der Waals surface area contributed by atoms with Gasteiger partial charge in [-0.2, -0.15) is 0 Å². The number of nitrogens with two attached hydrogens (primary N) is 1.